The van der Waals surface area contributed by atoms with Crippen molar-refractivity contribution in [3.8, 4) is 0 Å². The molecule has 0 spiro atoms. The zero-order valence-corrected chi connectivity index (χ0v) is 12.5. The Morgan fingerprint density at radius 2 is 1.53 bits per heavy atom. The fourth-order valence-corrected chi connectivity index (χ4v) is 3.46. The highest BCUT2D eigenvalue weighted by molar-refractivity contribution is 5.32. The Morgan fingerprint density at radius 3 is 2.00 bits per heavy atom. The molecule has 0 heterocycles. The van der Waals surface area contributed by atoms with E-state index in [1.54, 1.807) is 0 Å². The predicted octanol–water partition coefficient (Wildman–Crippen LogP) is 4.04. The van der Waals surface area contributed by atoms with E-state index >= 15 is 0 Å². The fourth-order valence-electron chi connectivity index (χ4n) is 3.46. The first kappa shape index (κ1) is 14.5. The summed E-state index contributed by atoms with van der Waals surface area (Å²) < 4.78 is 5.93. The molecule has 1 aliphatic carbocycles. The Balaban J connectivity index is 2.30. The van der Waals surface area contributed by atoms with Crippen LogP contribution in [0.4, 0.5) is 0 Å². The van der Waals surface area contributed by atoms with Gasteiger partial charge in [0.15, 0.2) is 0 Å². The minimum absolute atomic E-state index is 0.0193. The molecule has 2 nitrogen and oxygen atoms in total. The van der Waals surface area contributed by atoms with Gasteiger partial charge in [-0.2, -0.15) is 0 Å². The van der Waals surface area contributed by atoms with Gasteiger partial charge in [-0.15, -0.1) is 0 Å². The third-order valence-corrected chi connectivity index (χ3v) is 4.53. The van der Waals surface area contributed by atoms with E-state index in [9.17, 15) is 0 Å². The van der Waals surface area contributed by atoms with Gasteiger partial charge in [0.2, 0.25) is 0 Å². The Bertz CT molecular complexity index is 399. The largest absolute Gasteiger partial charge is 0.376 e. The first-order valence-electron chi connectivity index (χ1n) is 7.46. The maximum Gasteiger partial charge on any atom is 0.0870 e. The summed E-state index contributed by atoms with van der Waals surface area (Å²) in [7, 11) is 1.83. The van der Waals surface area contributed by atoms with Crippen LogP contribution < -0.4 is 5.73 Å². The second kappa shape index (κ2) is 6.06. The Labute approximate surface area is 117 Å². The van der Waals surface area contributed by atoms with Crippen LogP contribution in [0.3, 0.4) is 0 Å². The van der Waals surface area contributed by atoms with Gasteiger partial charge in [0.1, 0.15) is 0 Å². The minimum atomic E-state index is -0.170. The lowest BCUT2D eigenvalue weighted by atomic mass is 9.82. The van der Waals surface area contributed by atoms with E-state index in [0.29, 0.717) is 0 Å². The van der Waals surface area contributed by atoms with Crippen molar-refractivity contribution in [3.63, 3.8) is 0 Å². The van der Waals surface area contributed by atoms with E-state index < -0.39 is 0 Å². The second-order valence-electron chi connectivity index (χ2n) is 6.08. The molecule has 2 N–H and O–H groups in total. The van der Waals surface area contributed by atoms with Crippen LogP contribution in [0, 0.1) is 13.8 Å². The summed E-state index contributed by atoms with van der Waals surface area (Å²) in [5.74, 6) is 0. The molecule has 2 heteroatoms. The van der Waals surface area contributed by atoms with Gasteiger partial charge in [-0.3, -0.25) is 0 Å². The lowest BCUT2D eigenvalue weighted by Crippen LogP contribution is -2.42. The molecule has 1 aromatic rings. The van der Waals surface area contributed by atoms with Crippen LogP contribution in [0.5, 0.6) is 0 Å². The third kappa shape index (κ3) is 3.18. The van der Waals surface area contributed by atoms with Crippen LogP contribution in [0.1, 0.15) is 61.3 Å². The first-order chi connectivity index (χ1) is 9.07. The summed E-state index contributed by atoms with van der Waals surface area (Å²) in [4.78, 5) is 0. The maximum atomic E-state index is 6.60. The molecule has 0 aromatic heterocycles. The summed E-state index contributed by atoms with van der Waals surface area (Å²) in [6, 6.07) is 6.60. The van der Waals surface area contributed by atoms with E-state index in [0.717, 1.165) is 12.8 Å². The predicted molar refractivity (Wildman–Crippen MR) is 80.3 cm³/mol. The van der Waals surface area contributed by atoms with Crippen molar-refractivity contribution >= 4 is 0 Å². The van der Waals surface area contributed by atoms with E-state index in [4.69, 9.17) is 10.5 Å². The molecule has 0 radical (unpaired) electrons. The van der Waals surface area contributed by atoms with Crippen molar-refractivity contribution in [2.45, 2.75) is 64.0 Å². The summed E-state index contributed by atoms with van der Waals surface area (Å²) in [5, 5.41) is 0. The SMILES string of the molecule is COC1(C(N)c2cc(C)cc(C)c2)CCCCCC1. The molecule has 0 saturated heterocycles. The average Bonchev–Trinajstić information content (AvgIpc) is 2.63. The number of ether oxygens (including phenoxy) is 1. The number of benzene rings is 1. The van der Waals surface area contributed by atoms with Gasteiger partial charge < -0.3 is 10.5 Å². The van der Waals surface area contributed by atoms with E-state index in [1.807, 2.05) is 7.11 Å². The van der Waals surface area contributed by atoms with Crippen molar-refractivity contribution in [3.05, 3.63) is 34.9 Å². The summed E-state index contributed by atoms with van der Waals surface area (Å²) in [6.45, 7) is 4.27. The standard InChI is InChI=1S/C17H27NO/c1-13-10-14(2)12-15(11-13)16(18)17(19-3)8-6-4-5-7-9-17/h10-12,16H,4-9,18H2,1-3H3. The maximum absolute atomic E-state index is 6.60. The van der Waals surface area contributed by atoms with Crippen LogP contribution in [-0.2, 0) is 4.74 Å². The highest BCUT2D eigenvalue weighted by Gasteiger charge is 2.38. The quantitative estimate of drug-likeness (QED) is 0.833. The Morgan fingerprint density at radius 1 is 1.00 bits per heavy atom. The topological polar surface area (TPSA) is 35.2 Å². The highest BCUT2D eigenvalue weighted by atomic mass is 16.5. The molecular formula is C17H27NO. The zero-order valence-electron chi connectivity index (χ0n) is 12.5. The van der Waals surface area contributed by atoms with Crippen LogP contribution in [0.15, 0.2) is 18.2 Å². The lowest BCUT2D eigenvalue weighted by molar-refractivity contribution is -0.0442. The number of methoxy groups -OCH3 is 1. The van der Waals surface area contributed by atoms with Crippen LogP contribution >= 0.6 is 0 Å². The van der Waals surface area contributed by atoms with E-state index in [1.165, 1.54) is 42.4 Å². The van der Waals surface area contributed by atoms with Gasteiger partial charge in [0, 0.05) is 7.11 Å². The zero-order chi connectivity index (χ0) is 13.9. The van der Waals surface area contributed by atoms with Gasteiger partial charge in [-0.1, -0.05) is 55.0 Å². The molecule has 1 atom stereocenters. The van der Waals surface area contributed by atoms with Crippen LogP contribution in [0.2, 0.25) is 0 Å². The van der Waals surface area contributed by atoms with Crippen molar-refractivity contribution in [2.75, 3.05) is 7.11 Å². The van der Waals surface area contributed by atoms with Crippen molar-refractivity contribution < 1.29 is 4.74 Å². The van der Waals surface area contributed by atoms with Gasteiger partial charge in [-0.05, 0) is 32.3 Å². The summed E-state index contributed by atoms with van der Waals surface area (Å²) in [6.07, 6.45) is 7.24. The molecule has 0 aliphatic heterocycles. The first-order valence-corrected chi connectivity index (χ1v) is 7.46. The van der Waals surface area contributed by atoms with Crippen LogP contribution in [-0.4, -0.2) is 12.7 Å². The van der Waals surface area contributed by atoms with Gasteiger partial charge in [-0.25, -0.2) is 0 Å². The van der Waals surface area contributed by atoms with Crippen molar-refractivity contribution in [1.29, 1.82) is 0 Å². The molecule has 1 unspecified atom stereocenters. The number of nitrogens with two attached hydrogens (primary N) is 1. The van der Waals surface area contributed by atoms with E-state index in [2.05, 4.69) is 32.0 Å². The molecular weight excluding hydrogens is 234 g/mol. The van der Waals surface area contributed by atoms with Crippen LogP contribution in [0.25, 0.3) is 0 Å². The second-order valence-corrected chi connectivity index (χ2v) is 6.08. The molecule has 0 amide bonds. The number of rotatable bonds is 3. The highest BCUT2D eigenvalue weighted by Crippen LogP contribution is 2.39. The molecule has 1 aliphatic rings. The van der Waals surface area contributed by atoms with Crippen molar-refractivity contribution in [1.82, 2.24) is 0 Å². The number of hydrogen-bond donors (Lipinski definition) is 1. The number of hydrogen-bond acceptors (Lipinski definition) is 2. The van der Waals surface area contributed by atoms with Gasteiger partial charge >= 0.3 is 0 Å². The molecule has 1 aromatic carbocycles. The third-order valence-electron chi connectivity index (χ3n) is 4.53. The minimum Gasteiger partial charge on any atom is -0.376 e. The molecule has 19 heavy (non-hydrogen) atoms. The van der Waals surface area contributed by atoms with E-state index in [-0.39, 0.29) is 11.6 Å². The Kier molecular flexibility index (Phi) is 4.64. The number of aryl methyl sites for hydroxylation is 2. The molecule has 1 fully saturated rings. The smallest absolute Gasteiger partial charge is 0.0870 e. The van der Waals surface area contributed by atoms with Crippen molar-refractivity contribution in [2.24, 2.45) is 5.73 Å². The monoisotopic (exact) mass is 261 g/mol. The molecule has 1 saturated carbocycles. The molecule has 106 valence electrons. The molecule has 0 bridgehead atoms. The Hall–Kier alpha value is -0.860. The summed E-state index contributed by atoms with van der Waals surface area (Å²) >= 11 is 0. The lowest BCUT2D eigenvalue weighted by Gasteiger charge is -2.37. The average molecular weight is 261 g/mol. The van der Waals surface area contributed by atoms with Gasteiger partial charge in [0.05, 0.1) is 11.6 Å². The fraction of sp³-hybridized carbons (Fsp3) is 0.647. The normalized spacial score (nSPS) is 20.8. The summed E-state index contributed by atoms with van der Waals surface area (Å²) in [5.41, 5.74) is 10.2. The molecule has 2 rings (SSSR count). The van der Waals surface area contributed by atoms with Gasteiger partial charge in [0.25, 0.3) is 0 Å².